The predicted molar refractivity (Wildman–Crippen MR) is 195 cm³/mol. The van der Waals surface area contributed by atoms with Crippen molar-refractivity contribution in [2.75, 3.05) is 10.6 Å². The Labute approximate surface area is 310 Å². The van der Waals surface area contributed by atoms with Crippen LogP contribution in [0.25, 0.3) is 34.0 Å². The molecule has 48 heavy (non-hydrogen) atoms. The summed E-state index contributed by atoms with van der Waals surface area (Å²) < 4.78 is 0. The molecule has 2 N–H and O–H groups in total. The topological polar surface area (TPSA) is 75.6 Å². The summed E-state index contributed by atoms with van der Waals surface area (Å²) in [6.45, 7) is 27.6. The van der Waals surface area contributed by atoms with Crippen LogP contribution in [0.2, 0.25) is 0 Å². The third-order valence-electron chi connectivity index (χ3n) is 7.12. The van der Waals surface area contributed by atoms with Gasteiger partial charge in [-0.25, -0.2) is 32.1 Å². The van der Waals surface area contributed by atoms with E-state index >= 15 is 0 Å². The van der Waals surface area contributed by atoms with Gasteiger partial charge in [-0.3, -0.25) is 11.1 Å². The molecule has 6 rings (SSSR count). The first-order chi connectivity index (χ1) is 22.4. The normalized spacial score (nSPS) is 9.50. The van der Waals surface area contributed by atoms with Crippen molar-refractivity contribution >= 4 is 57.0 Å². The molecule has 242 valence electrons. The Morgan fingerprint density at radius 3 is 1.27 bits per heavy atom. The first-order valence-electron chi connectivity index (χ1n) is 15.5. The zero-order chi connectivity index (χ0) is 33.6. The summed E-state index contributed by atoms with van der Waals surface area (Å²) in [5.41, 5.74) is 10.1. The van der Waals surface area contributed by atoms with Crippen LogP contribution < -0.4 is 10.6 Å². The molecule has 0 spiro atoms. The van der Waals surface area contributed by atoms with E-state index in [2.05, 4.69) is 94.7 Å². The Morgan fingerprint density at radius 1 is 0.562 bits per heavy atom. The molecule has 6 nitrogen and oxygen atoms in total. The van der Waals surface area contributed by atoms with Crippen LogP contribution in [-0.4, -0.2) is 19.9 Å². The Balaban J connectivity index is 0.000000419. The van der Waals surface area contributed by atoms with E-state index in [9.17, 15) is 0 Å². The third-order valence-corrected chi connectivity index (χ3v) is 7.12. The Bertz CT molecular complexity index is 1800. The van der Waals surface area contributed by atoms with Crippen LogP contribution in [0.5, 0.6) is 0 Å². The maximum atomic E-state index is 5.63. The van der Waals surface area contributed by atoms with Gasteiger partial charge < -0.3 is 35.9 Å². The van der Waals surface area contributed by atoms with Crippen molar-refractivity contribution in [1.82, 2.24) is 19.9 Å². The molecule has 0 amide bonds. The molecule has 0 bridgehead atoms. The van der Waals surface area contributed by atoms with Crippen LogP contribution in [0.1, 0.15) is 61.1 Å². The average molecular weight is 709 g/mol. The average Bonchev–Trinajstić information content (AvgIpc) is 3.09. The number of aryl methyl sites for hydroxylation is 4. The Kier molecular flexibility index (Phi) is 18.2. The molecule has 0 aliphatic heterocycles. The fourth-order valence-electron chi connectivity index (χ4n) is 4.48. The second kappa shape index (κ2) is 20.9. The van der Waals surface area contributed by atoms with Crippen molar-refractivity contribution in [2.24, 2.45) is 0 Å². The van der Waals surface area contributed by atoms with Gasteiger partial charge in [0.05, 0.1) is 11.0 Å². The first kappa shape index (κ1) is 41.8. The smallest absolute Gasteiger partial charge is 0.397 e. The SMILES string of the molecule is CC.CC.[CH-]=Cc1[c-]cccc1Nc1ncnc2cc(C)c(C)cc12.[CH-]=Cc1[c-]cccc1Nc1ncnc2cc(C)c(C)cc12.[V+2].[V+2]. The number of fused-ring (bicyclic) bond motifs is 2. The molecule has 8 heteroatoms. The van der Waals surface area contributed by atoms with Crippen LogP contribution in [0.4, 0.5) is 23.0 Å². The largest absolute Gasteiger partial charge is 2.00 e. The standard InChI is InChI=1S/2C18H15N3.2C2H6.2V/c2*1-4-14-7-5-6-8-16(14)21-18-15-9-12(2)13(3)10-17(15)19-11-20-18;2*1-2;;/h2*1,4-6,8-11H,2-3H3,(H,19,20,21);2*1-2H3;;/q2*-2;;;2*+2. The van der Waals surface area contributed by atoms with Gasteiger partial charge in [0, 0.05) is 10.8 Å². The predicted octanol–water partition coefficient (Wildman–Crippen LogP) is 10.5. The molecule has 0 saturated heterocycles. The molecule has 2 radical (unpaired) electrons. The maximum absolute atomic E-state index is 5.63. The number of rotatable bonds is 6. The van der Waals surface area contributed by atoms with Gasteiger partial charge in [0.15, 0.2) is 0 Å². The first-order valence-corrected chi connectivity index (χ1v) is 15.5. The second-order valence-electron chi connectivity index (χ2n) is 9.93. The van der Waals surface area contributed by atoms with Crippen molar-refractivity contribution in [2.45, 2.75) is 55.4 Å². The molecular weight excluding hydrogens is 666 g/mol. The monoisotopic (exact) mass is 708 g/mol. The second-order valence-corrected chi connectivity index (χ2v) is 9.93. The molecular formula is C40H42N6V2. The fraction of sp³-hybridized carbons (Fsp3) is 0.200. The van der Waals surface area contributed by atoms with Crippen molar-refractivity contribution in [1.29, 1.82) is 0 Å². The van der Waals surface area contributed by atoms with Gasteiger partial charge in [-0.15, -0.1) is 35.6 Å². The van der Waals surface area contributed by atoms with Crippen molar-refractivity contribution in [3.63, 3.8) is 0 Å². The van der Waals surface area contributed by atoms with Crippen LogP contribution in [0.15, 0.2) is 73.3 Å². The quantitative estimate of drug-likeness (QED) is 0.168. The Hall–Kier alpha value is -4.19. The Morgan fingerprint density at radius 2 is 0.917 bits per heavy atom. The number of aromatic nitrogens is 4. The van der Waals surface area contributed by atoms with E-state index in [-0.39, 0.29) is 37.1 Å². The number of hydrogen-bond donors (Lipinski definition) is 2. The molecule has 0 aliphatic rings. The van der Waals surface area contributed by atoms with Gasteiger partial charge in [-0.1, -0.05) is 27.7 Å². The van der Waals surface area contributed by atoms with Gasteiger partial charge in [0.25, 0.3) is 0 Å². The molecule has 0 fully saturated rings. The van der Waals surface area contributed by atoms with Gasteiger partial charge >= 0.3 is 37.1 Å². The minimum Gasteiger partial charge on any atom is -0.397 e. The number of nitrogens with zero attached hydrogens (tertiary/aromatic N) is 4. The fourth-order valence-corrected chi connectivity index (χ4v) is 4.48. The van der Waals surface area contributed by atoms with E-state index in [1.807, 2.05) is 64.1 Å². The maximum Gasteiger partial charge on any atom is 2.00 e. The van der Waals surface area contributed by atoms with Gasteiger partial charge in [-0.05, 0) is 74.2 Å². The number of hydrogen-bond acceptors (Lipinski definition) is 6. The van der Waals surface area contributed by atoms with Gasteiger partial charge in [-0.2, -0.15) is 12.1 Å². The van der Waals surface area contributed by atoms with E-state index in [1.165, 1.54) is 34.4 Å². The number of benzene rings is 4. The van der Waals surface area contributed by atoms with Crippen LogP contribution in [0.3, 0.4) is 0 Å². The van der Waals surface area contributed by atoms with Crippen LogP contribution >= 0.6 is 0 Å². The van der Waals surface area contributed by atoms with Crippen molar-refractivity contribution in [3.05, 3.63) is 132 Å². The molecule has 0 atom stereocenters. The summed E-state index contributed by atoms with van der Waals surface area (Å²) in [6, 6.07) is 25.9. The summed E-state index contributed by atoms with van der Waals surface area (Å²) in [5, 5.41) is 8.62. The summed E-state index contributed by atoms with van der Waals surface area (Å²) >= 11 is 0. The molecule has 2 heterocycles. The minimum absolute atomic E-state index is 0. The zero-order valence-electron chi connectivity index (χ0n) is 28.9. The molecule has 4 aromatic carbocycles. The summed E-state index contributed by atoms with van der Waals surface area (Å²) in [5.74, 6) is 1.54. The van der Waals surface area contributed by atoms with E-state index in [4.69, 9.17) is 13.2 Å². The summed E-state index contributed by atoms with van der Waals surface area (Å²) in [6.07, 6.45) is 6.19. The van der Waals surface area contributed by atoms with Crippen LogP contribution in [-0.2, 0) is 37.1 Å². The van der Waals surface area contributed by atoms with Gasteiger partial charge in [0.2, 0.25) is 0 Å². The molecule has 2 aromatic heterocycles. The molecule has 6 aromatic rings. The number of anilines is 4. The number of nitrogens with one attached hydrogen (secondary N) is 2. The summed E-state index contributed by atoms with van der Waals surface area (Å²) in [4.78, 5) is 17.4. The molecule has 0 unspecified atom stereocenters. The minimum atomic E-state index is 0. The molecule has 0 aliphatic carbocycles. The van der Waals surface area contributed by atoms with Crippen molar-refractivity contribution in [3.8, 4) is 0 Å². The van der Waals surface area contributed by atoms with E-state index in [0.717, 1.165) is 55.9 Å². The third kappa shape index (κ3) is 10.4. The van der Waals surface area contributed by atoms with E-state index in [0.29, 0.717) is 0 Å². The van der Waals surface area contributed by atoms with Crippen molar-refractivity contribution < 1.29 is 37.1 Å². The zero-order valence-corrected chi connectivity index (χ0v) is 31.7. The van der Waals surface area contributed by atoms with E-state index in [1.54, 1.807) is 12.7 Å². The summed E-state index contributed by atoms with van der Waals surface area (Å²) in [7, 11) is 0. The van der Waals surface area contributed by atoms with E-state index < -0.39 is 0 Å². The van der Waals surface area contributed by atoms with Gasteiger partial charge in [0.1, 0.15) is 24.3 Å². The molecule has 0 saturated carbocycles. The van der Waals surface area contributed by atoms with Crippen LogP contribution in [0, 0.1) is 53.0 Å².